The summed E-state index contributed by atoms with van der Waals surface area (Å²) >= 11 is 0. The molecule has 0 aliphatic heterocycles. The highest BCUT2D eigenvalue weighted by molar-refractivity contribution is 5.69. The number of ether oxygens (including phenoxy) is 1. The lowest BCUT2D eigenvalue weighted by Gasteiger charge is -2.06. The van der Waals surface area contributed by atoms with Crippen molar-refractivity contribution in [2.75, 3.05) is 13.2 Å². The molecule has 0 saturated carbocycles. The molecule has 0 saturated heterocycles. The minimum Gasteiger partial charge on any atom is -0.466 e. The van der Waals surface area contributed by atoms with E-state index in [1.807, 2.05) is 0 Å². The number of hydrogen-bond donors (Lipinski definition) is 1. The van der Waals surface area contributed by atoms with Crippen LogP contribution in [0.1, 0.15) is 270 Å². The number of carbonyl (C=O) groups is 1. The van der Waals surface area contributed by atoms with Crippen molar-refractivity contribution in [3.05, 3.63) is 24.3 Å². The van der Waals surface area contributed by atoms with Gasteiger partial charge in [-0.1, -0.05) is 237 Å². The lowest BCUT2D eigenvalue weighted by atomic mass is 10.0. The second-order valence-corrected chi connectivity index (χ2v) is 16.2. The van der Waals surface area contributed by atoms with Gasteiger partial charge in [-0.15, -0.1) is 0 Å². The third-order valence-corrected chi connectivity index (χ3v) is 10.9. The van der Waals surface area contributed by atoms with Gasteiger partial charge in [-0.05, 0) is 51.4 Å². The maximum atomic E-state index is 12.0. The van der Waals surface area contributed by atoms with Crippen LogP contribution in [0.3, 0.4) is 0 Å². The van der Waals surface area contributed by atoms with Crippen molar-refractivity contribution in [3.8, 4) is 0 Å². The fraction of sp³-hybridized carbons (Fsp3) is 0.898. The average molecular weight is 731 g/mol. The van der Waals surface area contributed by atoms with E-state index in [0.29, 0.717) is 19.6 Å². The molecule has 0 aromatic rings. The zero-order valence-corrected chi connectivity index (χ0v) is 35.5. The average Bonchev–Trinajstić information content (AvgIpc) is 3.15. The number of hydrogen-bond acceptors (Lipinski definition) is 3. The molecule has 0 aromatic carbocycles. The first-order valence-electron chi connectivity index (χ1n) is 23.9. The van der Waals surface area contributed by atoms with E-state index in [0.717, 1.165) is 32.1 Å². The van der Waals surface area contributed by atoms with E-state index in [2.05, 4.69) is 31.2 Å². The number of carbonyl (C=O) groups excluding carboxylic acids is 1. The maximum Gasteiger partial charge on any atom is 0.305 e. The fourth-order valence-corrected chi connectivity index (χ4v) is 7.33. The Kier molecular flexibility index (Phi) is 46.9. The monoisotopic (exact) mass is 731 g/mol. The van der Waals surface area contributed by atoms with Crippen LogP contribution < -0.4 is 0 Å². The van der Waals surface area contributed by atoms with Crippen LogP contribution >= 0.6 is 0 Å². The van der Waals surface area contributed by atoms with Gasteiger partial charge < -0.3 is 9.84 Å². The summed E-state index contributed by atoms with van der Waals surface area (Å²) in [5.41, 5.74) is 0. The van der Waals surface area contributed by atoms with Crippen molar-refractivity contribution < 1.29 is 14.6 Å². The Morgan fingerprint density at radius 2 is 0.692 bits per heavy atom. The van der Waals surface area contributed by atoms with Crippen molar-refractivity contribution in [1.82, 2.24) is 0 Å². The molecule has 1 N–H and O–H groups in total. The van der Waals surface area contributed by atoms with Gasteiger partial charge >= 0.3 is 5.97 Å². The van der Waals surface area contributed by atoms with Crippen LogP contribution in [-0.2, 0) is 9.53 Å². The first-order valence-corrected chi connectivity index (χ1v) is 23.9. The lowest BCUT2D eigenvalue weighted by molar-refractivity contribution is -0.143. The molecule has 0 atom stereocenters. The van der Waals surface area contributed by atoms with E-state index in [1.165, 1.54) is 225 Å². The molecular weight excluding hydrogens is 637 g/mol. The molecule has 3 heteroatoms. The zero-order valence-electron chi connectivity index (χ0n) is 35.5. The van der Waals surface area contributed by atoms with Gasteiger partial charge in [0.05, 0.1) is 6.61 Å². The maximum absolute atomic E-state index is 12.0. The van der Waals surface area contributed by atoms with Gasteiger partial charge in [0.1, 0.15) is 0 Å². The van der Waals surface area contributed by atoms with Crippen LogP contribution in [0.15, 0.2) is 24.3 Å². The number of aliphatic hydroxyl groups excluding tert-OH is 1. The Balaban J connectivity index is 3.17. The molecule has 308 valence electrons. The SMILES string of the molecule is CCCCC/C=C\C/C=C\CCCCCCCC(=O)OCCCCCCCCCCCCCCCCCCCCCCCCCCCCCCCO. The van der Waals surface area contributed by atoms with Gasteiger partial charge in [-0.25, -0.2) is 0 Å². The molecule has 0 bridgehead atoms. The van der Waals surface area contributed by atoms with Gasteiger partial charge in [-0.2, -0.15) is 0 Å². The molecule has 0 rings (SSSR count). The summed E-state index contributed by atoms with van der Waals surface area (Å²) in [6, 6.07) is 0. The summed E-state index contributed by atoms with van der Waals surface area (Å²) in [5, 5.41) is 8.81. The number of rotatable bonds is 45. The Bertz CT molecular complexity index is 713. The Morgan fingerprint density at radius 1 is 0.385 bits per heavy atom. The van der Waals surface area contributed by atoms with Crippen LogP contribution in [0.5, 0.6) is 0 Å². The molecule has 0 aromatic heterocycles. The molecule has 0 heterocycles. The lowest BCUT2D eigenvalue weighted by Crippen LogP contribution is -2.05. The molecule has 0 fully saturated rings. The molecule has 0 aliphatic carbocycles. The second kappa shape index (κ2) is 47.9. The minimum atomic E-state index is 0.0114. The third-order valence-electron chi connectivity index (χ3n) is 10.9. The normalized spacial score (nSPS) is 11.8. The van der Waals surface area contributed by atoms with Gasteiger partial charge in [0.15, 0.2) is 0 Å². The topological polar surface area (TPSA) is 46.5 Å². The summed E-state index contributed by atoms with van der Waals surface area (Å²) in [7, 11) is 0. The summed E-state index contributed by atoms with van der Waals surface area (Å²) in [6.45, 7) is 3.24. The van der Waals surface area contributed by atoms with Gasteiger partial charge in [0.2, 0.25) is 0 Å². The minimum absolute atomic E-state index is 0.0114. The largest absolute Gasteiger partial charge is 0.466 e. The molecule has 0 unspecified atom stereocenters. The molecule has 0 spiro atoms. The molecule has 52 heavy (non-hydrogen) atoms. The number of allylic oxidation sites excluding steroid dienone is 4. The Labute approximate surface area is 327 Å². The van der Waals surface area contributed by atoms with Crippen molar-refractivity contribution in [2.45, 2.75) is 270 Å². The van der Waals surface area contributed by atoms with E-state index in [1.54, 1.807) is 0 Å². The van der Waals surface area contributed by atoms with E-state index in [4.69, 9.17) is 9.84 Å². The van der Waals surface area contributed by atoms with Crippen molar-refractivity contribution >= 4 is 5.97 Å². The third kappa shape index (κ3) is 46.9. The smallest absolute Gasteiger partial charge is 0.305 e. The van der Waals surface area contributed by atoms with Crippen LogP contribution in [0.25, 0.3) is 0 Å². The first kappa shape index (κ1) is 50.9. The molecule has 0 amide bonds. The van der Waals surface area contributed by atoms with Crippen molar-refractivity contribution in [2.24, 2.45) is 0 Å². The first-order chi connectivity index (χ1) is 25.8. The highest BCUT2D eigenvalue weighted by atomic mass is 16.5. The highest BCUT2D eigenvalue weighted by Gasteiger charge is 2.03. The Hall–Kier alpha value is -1.09. The Morgan fingerprint density at radius 3 is 1.06 bits per heavy atom. The van der Waals surface area contributed by atoms with Crippen LogP contribution in [0, 0.1) is 0 Å². The summed E-state index contributed by atoms with van der Waals surface area (Å²) in [4.78, 5) is 12.0. The molecule has 3 nitrogen and oxygen atoms in total. The van der Waals surface area contributed by atoms with E-state index < -0.39 is 0 Å². The summed E-state index contributed by atoms with van der Waals surface area (Å²) < 4.78 is 5.47. The predicted molar refractivity (Wildman–Crippen MR) is 231 cm³/mol. The molecular formula is C49H94O3. The predicted octanol–water partition coefficient (Wildman–Crippen LogP) is 16.6. The zero-order chi connectivity index (χ0) is 37.5. The van der Waals surface area contributed by atoms with Crippen molar-refractivity contribution in [3.63, 3.8) is 0 Å². The summed E-state index contributed by atoms with van der Waals surface area (Å²) in [5.74, 6) is 0.0114. The van der Waals surface area contributed by atoms with Crippen LogP contribution in [0.2, 0.25) is 0 Å². The number of unbranched alkanes of at least 4 members (excludes halogenated alkanes) is 36. The van der Waals surface area contributed by atoms with Crippen molar-refractivity contribution in [1.29, 1.82) is 0 Å². The fourth-order valence-electron chi connectivity index (χ4n) is 7.33. The van der Waals surface area contributed by atoms with Gasteiger partial charge in [0.25, 0.3) is 0 Å². The van der Waals surface area contributed by atoms with Crippen LogP contribution in [-0.4, -0.2) is 24.3 Å². The standard InChI is InChI=1S/C49H94O3/c1-2-3-4-5-6-7-8-9-25-28-31-34-37-40-43-46-49(51)52-48-45-42-39-36-33-30-27-24-22-20-18-16-14-12-10-11-13-15-17-19-21-23-26-29-32-35-38-41-44-47-50/h6-7,9,25,50H,2-5,8,10-24,26-48H2,1H3/b7-6-,25-9-. The van der Waals surface area contributed by atoms with Crippen LogP contribution in [0.4, 0.5) is 0 Å². The summed E-state index contributed by atoms with van der Waals surface area (Å²) in [6.07, 6.45) is 63.1. The number of esters is 1. The van der Waals surface area contributed by atoms with E-state index in [-0.39, 0.29) is 5.97 Å². The van der Waals surface area contributed by atoms with E-state index >= 15 is 0 Å². The van der Waals surface area contributed by atoms with Gasteiger partial charge in [0, 0.05) is 13.0 Å². The number of aliphatic hydroxyl groups is 1. The second-order valence-electron chi connectivity index (χ2n) is 16.2. The molecule has 0 radical (unpaired) electrons. The highest BCUT2D eigenvalue weighted by Crippen LogP contribution is 2.17. The quantitative estimate of drug-likeness (QED) is 0.0385. The molecule has 0 aliphatic rings. The van der Waals surface area contributed by atoms with E-state index in [9.17, 15) is 4.79 Å². The van der Waals surface area contributed by atoms with Gasteiger partial charge in [-0.3, -0.25) is 4.79 Å².